The number of hydrogen-bond acceptors (Lipinski definition) is 4. The number of rotatable bonds is 12. The predicted molar refractivity (Wildman–Crippen MR) is 95.6 cm³/mol. The van der Waals surface area contributed by atoms with E-state index in [0.29, 0.717) is 26.1 Å². The quantitative estimate of drug-likeness (QED) is 0.291. The molecule has 0 heterocycles. The summed E-state index contributed by atoms with van der Waals surface area (Å²) in [6.07, 6.45) is 13.7. The molecule has 0 aromatic carbocycles. The van der Waals surface area contributed by atoms with E-state index in [1.807, 2.05) is 12.2 Å². The zero-order valence-corrected chi connectivity index (χ0v) is 15.4. The highest BCUT2D eigenvalue weighted by Crippen LogP contribution is 2.28. The Morgan fingerprint density at radius 3 is 1.54 bits per heavy atom. The fraction of sp³-hybridized carbons (Fsp3) is 0.800. The third-order valence-corrected chi connectivity index (χ3v) is 4.52. The van der Waals surface area contributed by atoms with Crippen LogP contribution >= 0.6 is 0 Å². The fourth-order valence-corrected chi connectivity index (χ4v) is 2.95. The van der Waals surface area contributed by atoms with E-state index in [9.17, 15) is 9.59 Å². The smallest absolute Gasteiger partial charge is 0.310 e. The standard InChI is InChI=1S/C20H34O4/c1-3-5-7-11-15-23-19(21)17-13-9-10-14-18(17)20(22)24-16-12-8-6-4-2/h9-10,17-18H,3-8,11-16H2,1-2H3. The monoisotopic (exact) mass is 338 g/mol. The topological polar surface area (TPSA) is 52.6 Å². The van der Waals surface area contributed by atoms with Gasteiger partial charge in [0, 0.05) is 0 Å². The number of ether oxygens (including phenoxy) is 2. The number of hydrogen-bond donors (Lipinski definition) is 0. The molecular weight excluding hydrogens is 304 g/mol. The minimum absolute atomic E-state index is 0.246. The minimum Gasteiger partial charge on any atom is -0.465 e. The Balaban J connectivity index is 2.36. The molecule has 0 N–H and O–H groups in total. The molecule has 0 aliphatic heterocycles. The molecule has 0 aromatic rings. The number of esters is 2. The van der Waals surface area contributed by atoms with Gasteiger partial charge in [-0.15, -0.1) is 0 Å². The van der Waals surface area contributed by atoms with Gasteiger partial charge in [0.2, 0.25) is 0 Å². The van der Waals surface area contributed by atoms with E-state index in [-0.39, 0.29) is 23.8 Å². The van der Waals surface area contributed by atoms with Crippen molar-refractivity contribution in [3.63, 3.8) is 0 Å². The Labute approximate surface area is 147 Å². The van der Waals surface area contributed by atoms with Crippen LogP contribution in [0.15, 0.2) is 12.2 Å². The maximum Gasteiger partial charge on any atom is 0.310 e. The highest BCUT2D eigenvalue weighted by Gasteiger charge is 2.36. The number of allylic oxidation sites excluding steroid dienone is 2. The summed E-state index contributed by atoms with van der Waals surface area (Å²) >= 11 is 0. The molecule has 138 valence electrons. The molecule has 4 heteroatoms. The van der Waals surface area contributed by atoms with E-state index in [0.717, 1.165) is 51.4 Å². The van der Waals surface area contributed by atoms with Gasteiger partial charge in [-0.05, 0) is 25.7 Å². The lowest BCUT2D eigenvalue weighted by Crippen LogP contribution is -2.34. The third kappa shape index (κ3) is 7.98. The summed E-state index contributed by atoms with van der Waals surface area (Å²) in [5.74, 6) is -1.26. The first-order valence-corrected chi connectivity index (χ1v) is 9.69. The molecule has 1 aliphatic rings. The Bertz CT molecular complexity index is 353. The third-order valence-electron chi connectivity index (χ3n) is 4.52. The van der Waals surface area contributed by atoms with Crippen LogP contribution in [0.1, 0.15) is 78.1 Å². The van der Waals surface area contributed by atoms with Gasteiger partial charge >= 0.3 is 11.9 Å². The van der Waals surface area contributed by atoms with Crippen LogP contribution in [0.2, 0.25) is 0 Å². The molecule has 0 radical (unpaired) electrons. The molecule has 0 amide bonds. The van der Waals surface area contributed by atoms with Crippen LogP contribution in [-0.4, -0.2) is 25.2 Å². The van der Waals surface area contributed by atoms with Crippen molar-refractivity contribution in [3.8, 4) is 0 Å². The van der Waals surface area contributed by atoms with Crippen molar-refractivity contribution in [2.45, 2.75) is 78.1 Å². The molecule has 2 unspecified atom stereocenters. The van der Waals surface area contributed by atoms with Gasteiger partial charge in [0.1, 0.15) is 0 Å². The predicted octanol–water partition coefficient (Wildman–Crippen LogP) is 4.82. The van der Waals surface area contributed by atoms with Crippen molar-refractivity contribution >= 4 is 11.9 Å². The molecule has 0 aromatic heterocycles. The van der Waals surface area contributed by atoms with Crippen LogP contribution in [0.4, 0.5) is 0 Å². The molecule has 0 fully saturated rings. The SMILES string of the molecule is CCCCCCOC(=O)C1CC=CCC1C(=O)OCCCCCC. The molecule has 4 nitrogen and oxygen atoms in total. The lowest BCUT2D eigenvalue weighted by atomic mass is 9.83. The average molecular weight is 338 g/mol. The van der Waals surface area contributed by atoms with E-state index in [2.05, 4.69) is 13.8 Å². The Morgan fingerprint density at radius 2 is 1.17 bits per heavy atom. The second kappa shape index (κ2) is 13.0. The first-order valence-electron chi connectivity index (χ1n) is 9.69. The molecule has 0 bridgehead atoms. The van der Waals surface area contributed by atoms with Crippen LogP contribution in [0.25, 0.3) is 0 Å². The molecule has 1 aliphatic carbocycles. The van der Waals surface area contributed by atoms with Crippen LogP contribution in [0, 0.1) is 11.8 Å². The molecule has 0 spiro atoms. The van der Waals surface area contributed by atoms with Crippen molar-refractivity contribution in [1.29, 1.82) is 0 Å². The summed E-state index contributed by atoms with van der Waals surface area (Å²) in [6.45, 7) is 5.22. The highest BCUT2D eigenvalue weighted by atomic mass is 16.5. The average Bonchev–Trinajstić information content (AvgIpc) is 2.61. The van der Waals surface area contributed by atoms with Gasteiger partial charge in [-0.2, -0.15) is 0 Å². The second-order valence-electron chi connectivity index (χ2n) is 6.61. The van der Waals surface area contributed by atoms with E-state index < -0.39 is 0 Å². The first-order chi connectivity index (χ1) is 11.7. The number of carbonyl (C=O) groups is 2. The maximum absolute atomic E-state index is 12.3. The van der Waals surface area contributed by atoms with Crippen LogP contribution in [0.3, 0.4) is 0 Å². The van der Waals surface area contributed by atoms with Crippen molar-refractivity contribution in [2.75, 3.05) is 13.2 Å². The van der Waals surface area contributed by atoms with Gasteiger partial charge < -0.3 is 9.47 Å². The molecule has 24 heavy (non-hydrogen) atoms. The first kappa shape index (κ1) is 20.7. The van der Waals surface area contributed by atoms with Crippen LogP contribution in [0.5, 0.6) is 0 Å². The normalized spacial score (nSPS) is 19.9. The van der Waals surface area contributed by atoms with Crippen LogP contribution < -0.4 is 0 Å². The summed E-state index contributed by atoms with van der Waals surface area (Å²) in [5, 5.41) is 0. The van der Waals surface area contributed by atoms with E-state index in [1.54, 1.807) is 0 Å². The van der Waals surface area contributed by atoms with Crippen molar-refractivity contribution in [2.24, 2.45) is 11.8 Å². The Hall–Kier alpha value is -1.32. The van der Waals surface area contributed by atoms with Gasteiger partial charge in [0.25, 0.3) is 0 Å². The maximum atomic E-state index is 12.3. The van der Waals surface area contributed by atoms with E-state index in [1.165, 1.54) is 0 Å². The van der Waals surface area contributed by atoms with Crippen molar-refractivity contribution < 1.29 is 19.1 Å². The van der Waals surface area contributed by atoms with Gasteiger partial charge in [-0.25, -0.2) is 0 Å². The van der Waals surface area contributed by atoms with Gasteiger partial charge in [-0.3, -0.25) is 9.59 Å². The Kier molecular flexibility index (Phi) is 11.2. The molecular formula is C20H34O4. The molecule has 0 saturated carbocycles. The lowest BCUT2D eigenvalue weighted by Gasteiger charge is -2.25. The second-order valence-corrected chi connectivity index (χ2v) is 6.61. The van der Waals surface area contributed by atoms with Gasteiger partial charge in [-0.1, -0.05) is 64.5 Å². The molecule has 2 atom stereocenters. The zero-order chi connectivity index (χ0) is 17.6. The van der Waals surface area contributed by atoms with E-state index in [4.69, 9.17) is 9.47 Å². The number of carbonyl (C=O) groups excluding carboxylic acids is 2. The summed E-state index contributed by atoms with van der Waals surface area (Å²) in [4.78, 5) is 24.6. The van der Waals surface area contributed by atoms with Gasteiger partial charge in [0.15, 0.2) is 0 Å². The molecule has 0 saturated heterocycles. The summed E-state index contributed by atoms with van der Waals surface area (Å²) in [6, 6.07) is 0. The largest absolute Gasteiger partial charge is 0.465 e. The zero-order valence-electron chi connectivity index (χ0n) is 15.4. The molecule has 1 rings (SSSR count). The fourth-order valence-electron chi connectivity index (χ4n) is 2.95. The highest BCUT2D eigenvalue weighted by molar-refractivity contribution is 5.82. The van der Waals surface area contributed by atoms with Crippen molar-refractivity contribution in [3.05, 3.63) is 12.2 Å². The lowest BCUT2D eigenvalue weighted by molar-refractivity contribution is -0.161. The van der Waals surface area contributed by atoms with Gasteiger partial charge in [0.05, 0.1) is 25.0 Å². The van der Waals surface area contributed by atoms with E-state index >= 15 is 0 Å². The minimum atomic E-state index is -0.385. The van der Waals surface area contributed by atoms with Crippen molar-refractivity contribution in [1.82, 2.24) is 0 Å². The number of unbranched alkanes of at least 4 members (excludes halogenated alkanes) is 6. The Morgan fingerprint density at radius 1 is 0.750 bits per heavy atom. The summed E-state index contributed by atoms with van der Waals surface area (Å²) in [5.41, 5.74) is 0. The van der Waals surface area contributed by atoms with Crippen LogP contribution in [-0.2, 0) is 19.1 Å². The summed E-state index contributed by atoms with van der Waals surface area (Å²) < 4.78 is 10.8. The summed E-state index contributed by atoms with van der Waals surface area (Å²) in [7, 11) is 0.